The second-order valence-corrected chi connectivity index (χ2v) is 7.48. The maximum absolute atomic E-state index is 13.6. The Kier molecular flexibility index (Phi) is 3.62. The minimum Gasteiger partial charge on any atom is -0.301 e. The molecule has 2 aromatic heterocycles. The normalized spacial score (nSPS) is 11.5. The molecular formula is C27H18N2O. The van der Waals surface area contributed by atoms with E-state index in [4.69, 9.17) is 0 Å². The predicted octanol–water partition coefficient (Wildman–Crippen LogP) is 6.06. The van der Waals surface area contributed by atoms with Gasteiger partial charge in [-0.05, 0) is 35.4 Å². The van der Waals surface area contributed by atoms with Crippen LogP contribution in [0.3, 0.4) is 0 Å². The standard InChI is InChI=1S/C27H18N2O/c30-27-24-12-6-7-13-25(24)28-18-21-10-4-5-11-23(21)26(28)29(27)22-16-14-20(15-17-22)19-8-2-1-3-9-19/h1-18H. The third-order valence-corrected chi connectivity index (χ3v) is 5.74. The number of benzene rings is 4. The SMILES string of the molecule is O=c1c2ccccc2n2cc3ccccc3c2n1-c1ccc(-c2ccccc2)cc1. The lowest BCUT2D eigenvalue weighted by molar-refractivity contribution is 1.00. The highest BCUT2D eigenvalue weighted by Crippen LogP contribution is 2.28. The minimum absolute atomic E-state index is 0.00517. The van der Waals surface area contributed by atoms with Crippen LogP contribution in [0.1, 0.15) is 0 Å². The summed E-state index contributed by atoms with van der Waals surface area (Å²) in [6.45, 7) is 0. The van der Waals surface area contributed by atoms with Gasteiger partial charge in [0.15, 0.2) is 0 Å². The van der Waals surface area contributed by atoms with Crippen molar-refractivity contribution in [1.82, 2.24) is 8.97 Å². The first-order valence-corrected chi connectivity index (χ1v) is 10.0. The van der Waals surface area contributed by atoms with Gasteiger partial charge in [0.1, 0.15) is 5.65 Å². The highest BCUT2D eigenvalue weighted by atomic mass is 16.1. The molecule has 4 aromatic carbocycles. The molecule has 6 rings (SSSR count). The molecule has 0 unspecified atom stereocenters. The Bertz CT molecular complexity index is 1590. The maximum atomic E-state index is 13.6. The van der Waals surface area contributed by atoms with Crippen molar-refractivity contribution in [2.24, 2.45) is 0 Å². The van der Waals surface area contributed by atoms with Crippen molar-refractivity contribution in [2.45, 2.75) is 0 Å². The molecule has 142 valence electrons. The molecule has 0 fully saturated rings. The molecule has 0 aliphatic heterocycles. The molecule has 0 aliphatic rings. The zero-order chi connectivity index (χ0) is 20.1. The second kappa shape index (κ2) is 6.46. The van der Waals surface area contributed by atoms with Crippen molar-refractivity contribution in [3.63, 3.8) is 0 Å². The topological polar surface area (TPSA) is 26.4 Å². The Hall–Kier alpha value is -4.11. The number of nitrogens with zero attached hydrogens (tertiary/aromatic N) is 2. The van der Waals surface area contributed by atoms with E-state index in [1.165, 1.54) is 0 Å². The number of hydrogen-bond donors (Lipinski definition) is 0. The highest BCUT2D eigenvalue weighted by Gasteiger charge is 2.15. The smallest absolute Gasteiger partial charge is 0.266 e. The van der Waals surface area contributed by atoms with Gasteiger partial charge < -0.3 is 4.40 Å². The number of para-hydroxylation sites is 1. The molecule has 30 heavy (non-hydrogen) atoms. The van der Waals surface area contributed by atoms with E-state index in [9.17, 15) is 4.79 Å². The van der Waals surface area contributed by atoms with Crippen LogP contribution >= 0.6 is 0 Å². The van der Waals surface area contributed by atoms with Gasteiger partial charge in [0.05, 0.1) is 16.6 Å². The van der Waals surface area contributed by atoms with E-state index in [-0.39, 0.29) is 5.56 Å². The van der Waals surface area contributed by atoms with Crippen LogP contribution in [-0.4, -0.2) is 8.97 Å². The summed E-state index contributed by atoms with van der Waals surface area (Å²) >= 11 is 0. The molecule has 0 saturated carbocycles. The van der Waals surface area contributed by atoms with Crippen molar-refractivity contribution in [3.05, 3.63) is 120 Å². The van der Waals surface area contributed by atoms with E-state index in [0.717, 1.165) is 38.8 Å². The van der Waals surface area contributed by atoms with E-state index < -0.39 is 0 Å². The summed E-state index contributed by atoms with van der Waals surface area (Å²) in [5.41, 5.74) is 4.96. The summed E-state index contributed by atoms with van der Waals surface area (Å²) < 4.78 is 3.96. The number of aromatic nitrogens is 2. The van der Waals surface area contributed by atoms with Crippen LogP contribution in [-0.2, 0) is 0 Å². The van der Waals surface area contributed by atoms with Crippen LogP contribution in [0.25, 0.3) is 44.1 Å². The lowest BCUT2D eigenvalue weighted by atomic mass is 10.1. The Labute approximate surface area is 173 Å². The van der Waals surface area contributed by atoms with Crippen molar-refractivity contribution < 1.29 is 0 Å². The zero-order valence-corrected chi connectivity index (χ0v) is 16.2. The third-order valence-electron chi connectivity index (χ3n) is 5.74. The molecule has 2 heterocycles. The van der Waals surface area contributed by atoms with Gasteiger partial charge in [-0.2, -0.15) is 0 Å². The van der Waals surface area contributed by atoms with Crippen molar-refractivity contribution in [2.75, 3.05) is 0 Å². The quantitative estimate of drug-likeness (QED) is 0.355. The molecule has 0 aliphatic carbocycles. The summed E-state index contributed by atoms with van der Waals surface area (Å²) in [6.07, 6.45) is 2.11. The van der Waals surface area contributed by atoms with Gasteiger partial charge in [-0.25, -0.2) is 0 Å². The molecule has 0 bridgehead atoms. The number of fused-ring (bicyclic) bond motifs is 5. The van der Waals surface area contributed by atoms with Crippen LogP contribution < -0.4 is 5.56 Å². The van der Waals surface area contributed by atoms with E-state index in [2.05, 4.69) is 47.0 Å². The Morgan fingerprint density at radius 2 is 1.20 bits per heavy atom. The third kappa shape index (κ3) is 2.42. The molecule has 0 N–H and O–H groups in total. The monoisotopic (exact) mass is 386 g/mol. The van der Waals surface area contributed by atoms with Gasteiger partial charge in [-0.15, -0.1) is 0 Å². The van der Waals surface area contributed by atoms with Gasteiger partial charge >= 0.3 is 0 Å². The van der Waals surface area contributed by atoms with Crippen molar-refractivity contribution >= 4 is 27.3 Å². The van der Waals surface area contributed by atoms with Crippen LogP contribution in [0.2, 0.25) is 0 Å². The summed E-state index contributed by atoms with van der Waals surface area (Å²) in [7, 11) is 0. The van der Waals surface area contributed by atoms with Gasteiger partial charge in [-0.1, -0.05) is 78.9 Å². The highest BCUT2D eigenvalue weighted by molar-refractivity contribution is 5.99. The summed E-state index contributed by atoms with van der Waals surface area (Å²) in [4.78, 5) is 13.6. The van der Waals surface area contributed by atoms with Gasteiger partial charge in [0.25, 0.3) is 5.56 Å². The second-order valence-electron chi connectivity index (χ2n) is 7.48. The molecule has 0 amide bonds. The first kappa shape index (κ1) is 16.8. The maximum Gasteiger partial charge on any atom is 0.266 e. The lowest BCUT2D eigenvalue weighted by Crippen LogP contribution is -2.21. The Morgan fingerprint density at radius 3 is 2.00 bits per heavy atom. The summed E-state index contributed by atoms with van der Waals surface area (Å²) in [6, 6.07) is 34.5. The molecule has 6 aromatic rings. The lowest BCUT2D eigenvalue weighted by Gasteiger charge is -2.13. The molecule has 0 spiro atoms. The zero-order valence-electron chi connectivity index (χ0n) is 16.2. The fourth-order valence-corrected chi connectivity index (χ4v) is 4.31. The Balaban J connectivity index is 1.69. The molecule has 0 radical (unpaired) electrons. The summed E-state index contributed by atoms with van der Waals surface area (Å²) in [5, 5.41) is 2.88. The average Bonchev–Trinajstić information content (AvgIpc) is 3.20. The molecule has 3 nitrogen and oxygen atoms in total. The molecule has 3 heteroatoms. The number of rotatable bonds is 2. The van der Waals surface area contributed by atoms with Crippen molar-refractivity contribution in [3.8, 4) is 16.8 Å². The van der Waals surface area contributed by atoms with Gasteiger partial charge in [-0.3, -0.25) is 9.36 Å². The van der Waals surface area contributed by atoms with Gasteiger partial charge in [0, 0.05) is 17.0 Å². The van der Waals surface area contributed by atoms with E-state index in [0.29, 0.717) is 5.39 Å². The van der Waals surface area contributed by atoms with Crippen LogP contribution in [0.4, 0.5) is 0 Å². The largest absolute Gasteiger partial charge is 0.301 e. The first-order valence-electron chi connectivity index (χ1n) is 10.0. The van der Waals surface area contributed by atoms with E-state index in [1.54, 1.807) is 0 Å². The summed E-state index contributed by atoms with van der Waals surface area (Å²) in [5.74, 6) is 0. The first-order chi connectivity index (χ1) is 14.8. The van der Waals surface area contributed by atoms with E-state index in [1.807, 2.05) is 71.3 Å². The van der Waals surface area contributed by atoms with E-state index >= 15 is 0 Å². The molecule has 0 saturated heterocycles. The Morgan fingerprint density at radius 1 is 0.567 bits per heavy atom. The minimum atomic E-state index is -0.00517. The van der Waals surface area contributed by atoms with Crippen LogP contribution in [0, 0.1) is 0 Å². The van der Waals surface area contributed by atoms with Crippen LogP contribution in [0.15, 0.2) is 114 Å². The molecular weight excluding hydrogens is 368 g/mol. The molecule has 0 atom stereocenters. The van der Waals surface area contributed by atoms with Gasteiger partial charge in [0.2, 0.25) is 0 Å². The van der Waals surface area contributed by atoms with Crippen molar-refractivity contribution in [1.29, 1.82) is 0 Å². The van der Waals surface area contributed by atoms with Crippen LogP contribution in [0.5, 0.6) is 0 Å². The fourth-order valence-electron chi connectivity index (χ4n) is 4.31. The fraction of sp³-hybridized carbons (Fsp3) is 0. The number of hydrogen-bond acceptors (Lipinski definition) is 1. The average molecular weight is 386 g/mol. The predicted molar refractivity (Wildman–Crippen MR) is 123 cm³/mol.